The van der Waals surface area contributed by atoms with Crippen LogP contribution in [0.4, 0.5) is 15.8 Å². The molecule has 1 amide bonds. The molecule has 1 saturated heterocycles. The molecular formula is C26H30ClFN6O2. The molecule has 0 aromatic heterocycles. The van der Waals surface area contributed by atoms with Gasteiger partial charge in [0.2, 0.25) is 0 Å². The first-order chi connectivity index (χ1) is 17.2. The number of likely N-dealkylation sites (N-methyl/N-ethyl adjacent to an activating group) is 1. The van der Waals surface area contributed by atoms with E-state index in [0.29, 0.717) is 11.5 Å². The lowest BCUT2D eigenvalue weighted by molar-refractivity contribution is -0.135. The maximum atomic E-state index is 13.5. The first kappa shape index (κ1) is 24.5. The fourth-order valence-electron chi connectivity index (χ4n) is 5.55. The Bertz CT molecular complexity index is 1190. The Morgan fingerprint density at radius 3 is 2.56 bits per heavy atom. The Balaban J connectivity index is 1.15. The van der Waals surface area contributed by atoms with Gasteiger partial charge in [0, 0.05) is 54.6 Å². The summed E-state index contributed by atoms with van der Waals surface area (Å²) in [5.41, 5.74) is 2.11. The number of aliphatic imine (C=N–C) groups is 1. The van der Waals surface area contributed by atoms with Gasteiger partial charge < -0.3 is 25.2 Å². The highest BCUT2D eigenvalue weighted by Gasteiger charge is 2.68. The van der Waals surface area contributed by atoms with Crippen molar-refractivity contribution in [1.29, 1.82) is 5.41 Å². The van der Waals surface area contributed by atoms with E-state index in [4.69, 9.17) is 21.7 Å². The van der Waals surface area contributed by atoms with Gasteiger partial charge in [0.1, 0.15) is 17.4 Å². The van der Waals surface area contributed by atoms with Crippen molar-refractivity contribution >= 4 is 41.4 Å². The van der Waals surface area contributed by atoms with Gasteiger partial charge in [-0.2, -0.15) is 0 Å². The molecule has 1 aliphatic heterocycles. The minimum absolute atomic E-state index is 0.0113. The van der Waals surface area contributed by atoms with E-state index in [2.05, 4.69) is 39.2 Å². The first-order valence-electron chi connectivity index (χ1n) is 12.0. The maximum absolute atomic E-state index is 13.5. The van der Waals surface area contributed by atoms with E-state index in [1.54, 1.807) is 0 Å². The van der Waals surface area contributed by atoms with Crippen molar-refractivity contribution in [1.82, 2.24) is 15.1 Å². The molecule has 0 radical (unpaired) electrons. The van der Waals surface area contributed by atoms with Crippen LogP contribution in [0.2, 0.25) is 5.02 Å². The molecule has 4 aliphatic rings. The molecule has 3 N–H and O–H groups in total. The van der Waals surface area contributed by atoms with Crippen molar-refractivity contribution in [3.8, 4) is 5.75 Å². The molecule has 0 unspecified atom stereocenters. The zero-order valence-corrected chi connectivity index (χ0v) is 21.0. The summed E-state index contributed by atoms with van der Waals surface area (Å²) in [6.07, 6.45) is 2.44. The van der Waals surface area contributed by atoms with Gasteiger partial charge >= 0.3 is 0 Å². The number of amidine groups is 1. The average Bonchev–Trinajstić information content (AvgIpc) is 2.82. The molecule has 6 rings (SSSR count). The number of piperazine rings is 1. The fraction of sp³-hybridized carbons (Fsp3) is 0.423. The van der Waals surface area contributed by atoms with E-state index < -0.39 is 5.82 Å². The minimum atomic E-state index is -0.583. The van der Waals surface area contributed by atoms with Crippen LogP contribution in [0.15, 0.2) is 41.4 Å². The third-order valence-corrected chi connectivity index (χ3v) is 7.65. The van der Waals surface area contributed by atoms with Crippen LogP contribution in [0.5, 0.6) is 5.75 Å². The summed E-state index contributed by atoms with van der Waals surface area (Å²) in [6, 6.07) is 9.94. The molecule has 3 saturated carbocycles. The number of nitrogens with zero attached hydrogens (tertiary/aromatic N) is 3. The molecule has 10 heteroatoms. The predicted octanol–water partition coefficient (Wildman–Crippen LogP) is 3.67. The summed E-state index contributed by atoms with van der Waals surface area (Å²) in [5, 5.41) is 15.5. The second-order valence-electron chi connectivity index (χ2n) is 10.2. The molecule has 8 nitrogen and oxygen atoms in total. The van der Waals surface area contributed by atoms with Gasteiger partial charge in [0.25, 0.3) is 5.91 Å². The molecule has 3 aliphatic carbocycles. The molecule has 36 heavy (non-hydrogen) atoms. The Kier molecular flexibility index (Phi) is 6.38. The summed E-state index contributed by atoms with van der Waals surface area (Å²) in [4.78, 5) is 20.9. The van der Waals surface area contributed by atoms with E-state index in [-0.39, 0.29) is 34.4 Å². The predicted molar refractivity (Wildman–Crippen MR) is 140 cm³/mol. The lowest BCUT2D eigenvalue weighted by Gasteiger charge is -2.70. The number of hydrogen-bond acceptors (Lipinski definition) is 6. The lowest BCUT2D eigenvalue weighted by Crippen LogP contribution is -2.81. The van der Waals surface area contributed by atoms with E-state index in [1.165, 1.54) is 18.2 Å². The largest absolute Gasteiger partial charge is 0.484 e. The van der Waals surface area contributed by atoms with Crippen LogP contribution < -0.4 is 15.4 Å². The topological polar surface area (TPSA) is 93.0 Å². The SMILES string of the molecule is C=Nc1ccc(NC23CC(NC(=O)COc4ccc(Cl)c(F)c4)(C2)C3)cc1C(=N)N1CCN(C)CC1. The molecule has 0 atom stereocenters. The van der Waals surface area contributed by atoms with Crippen molar-refractivity contribution in [2.45, 2.75) is 30.3 Å². The molecule has 2 aromatic carbocycles. The average molecular weight is 513 g/mol. The van der Waals surface area contributed by atoms with Gasteiger partial charge in [-0.1, -0.05) is 11.6 Å². The van der Waals surface area contributed by atoms with E-state index in [9.17, 15) is 9.18 Å². The normalized spacial score (nSPS) is 24.8. The smallest absolute Gasteiger partial charge is 0.258 e. The zero-order valence-electron chi connectivity index (χ0n) is 20.2. The number of amides is 1. The number of halogens is 2. The lowest BCUT2D eigenvalue weighted by atomic mass is 9.44. The Hall–Kier alpha value is -3.17. The summed E-state index contributed by atoms with van der Waals surface area (Å²) < 4.78 is 18.9. The highest BCUT2D eigenvalue weighted by atomic mass is 35.5. The summed E-state index contributed by atoms with van der Waals surface area (Å²) >= 11 is 5.68. The van der Waals surface area contributed by atoms with Crippen LogP contribution in [-0.4, -0.2) is 79.2 Å². The first-order valence-corrected chi connectivity index (χ1v) is 12.4. The molecule has 2 bridgehead atoms. The Morgan fingerprint density at radius 1 is 1.17 bits per heavy atom. The number of anilines is 1. The number of hydrogen-bond donors (Lipinski definition) is 3. The summed E-state index contributed by atoms with van der Waals surface area (Å²) in [6.45, 7) is 6.97. The number of nitrogens with one attached hydrogen (secondary N) is 3. The molecule has 2 aromatic rings. The van der Waals surface area contributed by atoms with E-state index in [0.717, 1.165) is 56.7 Å². The highest BCUT2D eigenvalue weighted by molar-refractivity contribution is 6.30. The van der Waals surface area contributed by atoms with Crippen LogP contribution in [-0.2, 0) is 4.79 Å². The maximum Gasteiger partial charge on any atom is 0.258 e. The van der Waals surface area contributed by atoms with Gasteiger partial charge in [-0.3, -0.25) is 15.2 Å². The minimum Gasteiger partial charge on any atom is -0.484 e. The van der Waals surface area contributed by atoms with Crippen LogP contribution in [0.1, 0.15) is 24.8 Å². The van der Waals surface area contributed by atoms with Gasteiger partial charge in [-0.05, 0) is 63.4 Å². The van der Waals surface area contributed by atoms with Gasteiger partial charge in [-0.15, -0.1) is 0 Å². The Labute approximate surface area is 215 Å². The van der Waals surface area contributed by atoms with Crippen LogP contribution >= 0.6 is 11.6 Å². The quantitative estimate of drug-likeness (QED) is 0.371. The van der Waals surface area contributed by atoms with Gasteiger partial charge in [0.05, 0.1) is 10.7 Å². The van der Waals surface area contributed by atoms with Gasteiger partial charge in [0.15, 0.2) is 6.61 Å². The Morgan fingerprint density at radius 2 is 1.89 bits per heavy atom. The summed E-state index contributed by atoms with van der Waals surface area (Å²) in [5.74, 6) is -0.0852. The standard InChI is InChI=1S/C26H30ClFN6O2/c1-30-22-6-3-17(11-19(22)24(29)34-9-7-33(2)8-10-34)31-25-14-26(15-25,16-25)32-23(35)13-36-18-4-5-20(27)21(28)12-18/h3-6,11-12,29,31H,1,7-10,13-16H2,2H3,(H,32,35). The van der Waals surface area contributed by atoms with Gasteiger partial charge in [-0.25, -0.2) is 4.39 Å². The molecule has 190 valence electrons. The van der Waals surface area contributed by atoms with Crippen molar-refractivity contribution in [2.75, 3.05) is 45.2 Å². The van der Waals surface area contributed by atoms with Crippen LogP contribution in [0, 0.1) is 11.2 Å². The van der Waals surface area contributed by atoms with Crippen molar-refractivity contribution < 1.29 is 13.9 Å². The molecular weight excluding hydrogens is 483 g/mol. The number of benzene rings is 2. The van der Waals surface area contributed by atoms with Crippen molar-refractivity contribution in [3.05, 3.63) is 52.8 Å². The third kappa shape index (κ3) is 4.77. The zero-order chi connectivity index (χ0) is 25.5. The number of rotatable bonds is 8. The second-order valence-corrected chi connectivity index (χ2v) is 10.6. The summed E-state index contributed by atoms with van der Waals surface area (Å²) in [7, 11) is 2.09. The van der Waals surface area contributed by atoms with Crippen LogP contribution in [0.3, 0.4) is 0 Å². The highest BCUT2D eigenvalue weighted by Crippen LogP contribution is 2.61. The molecule has 1 heterocycles. The van der Waals surface area contributed by atoms with E-state index >= 15 is 0 Å². The number of ether oxygens (including phenoxy) is 1. The second kappa shape index (κ2) is 9.37. The third-order valence-electron chi connectivity index (χ3n) is 7.35. The van der Waals surface area contributed by atoms with E-state index in [1.807, 2.05) is 18.2 Å². The van der Waals surface area contributed by atoms with Crippen molar-refractivity contribution in [2.24, 2.45) is 4.99 Å². The van der Waals surface area contributed by atoms with Crippen molar-refractivity contribution in [3.63, 3.8) is 0 Å². The monoisotopic (exact) mass is 512 g/mol. The number of carbonyl (C=O) groups excluding carboxylic acids is 1. The molecule has 4 fully saturated rings. The number of carbonyl (C=O) groups is 1. The van der Waals surface area contributed by atoms with Crippen LogP contribution in [0.25, 0.3) is 0 Å². The molecule has 0 spiro atoms. The fourth-order valence-corrected chi connectivity index (χ4v) is 5.67.